The topological polar surface area (TPSA) is 182 Å². The van der Waals surface area contributed by atoms with Gasteiger partial charge in [-0.1, -0.05) is 38.2 Å². The van der Waals surface area contributed by atoms with E-state index in [-0.39, 0.29) is 58.9 Å². The normalized spacial score (nSPS) is 24.8. The van der Waals surface area contributed by atoms with Gasteiger partial charge in [0.15, 0.2) is 0 Å². The van der Waals surface area contributed by atoms with Crippen molar-refractivity contribution in [3.63, 3.8) is 0 Å². The first-order valence-electron chi connectivity index (χ1n) is 18.4. The summed E-state index contributed by atoms with van der Waals surface area (Å²) in [5, 5.41) is 23.7. The van der Waals surface area contributed by atoms with Crippen molar-refractivity contribution in [1.82, 2.24) is 5.32 Å². The lowest BCUT2D eigenvalue weighted by Crippen LogP contribution is -2.52. The van der Waals surface area contributed by atoms with E-state index in [1.165, 1.54) is 37.1 Å². The summed E-state index contributed by atoms with van der Waals surface area (Å²) in [5.74, 6) is 1.60. The SMILES string of the molecule is C.C.C.Nc1ccc(N2C(=O)C3CCC2CC3)cc1.O=C1C2CCC(CC2)N1c1ccc([N+](=O)[O-])cc1.O=C1NC2CCC1CC2.O=[N+]([O-])c1ccc(Br)cc1.[HH]. The number of hydrogen-bond donors (Lipinski definition) is 2. The number of rotatable bonds is 4. The zero-order valence-corrected chi connectivity index (χ0v) is 31.1. The quantitative estimate of drug-likeness (QED) is 0.148. The Morgan fingerprint density at radius 1 is 0.571 bits per heavy atom. The molecule has 0 atom stereocenters. The number of nitrogen functional groups attached to an aromatic ring is 1. The molecular formula is C42H59BrN6O7. The first-order valence-corrected chi connectivity index (χ1v) is 19.2. The summed E-state index contributed by atoms with van der Waals surface area (Å²) >= 11 is 3.17. The molecule has 6 bridgehead atoms. The van der Waals surface area contributed by atoms with Gasteiger partial charge in [0.1, 0.15) is 0 Å². The van der Waals surface area contributed by atoms with Crippen LogP contribution in [0.4, 0.5) is 28.4 Å². The Kier molecular flexibility index (Phi) is 16.6. The number of nitrogens with two attached hydrogens (primary N) is 1. The fourth-order valence-electron chi connectivity index (χ4n) is 8.34. The number of anilines is 3. The molecule has 9 aliphatic rings. The van der Waals surface area contributed by atoms with Gasteiger partial charge in [-0.2, -0.15) is 0 Å². The van der Waals surface area contributed by atoms with Gasteiger partial charge >= 0.3 is 0 Å². The molecule has 3 saturated carbocycles. The number of nitrogens with zero attached hydrogens (tertiary/aromatic N) is 4. The Hall–Kier alpha value is -4.85. The van der Waals surface area contributed by atoms with E-state index >= 15 is 0 Å². The van der Waals surface area contributed by atoms with Crippen LogP contribution < -0.4 is 20.9 Å². The van der Waals surface area contributed by atoms with Crippen molar-refractivity contribution in [2.24, 2.45) is 17.8 Å². The van der Waals surface area contributed by atoms with E-state index in [0.717, 1.165) is 85.7 Å². The molecular weight excluding hydrogens is 780 g/mol. The number of nitrogens with one attached hydrogen (secondary N) is 1. The molecule has 6 heterocycles. The second kappa shape index (κ2) is 20.4. The van der Waals surface area contributed by atoms with Crippen LogP contribution in [0.2, 0.25) is 0 Å². The molecule has 0 radical (unpaired) electrons. The number of carbonyl (C=O) groups is 3. The van der Waals surface area contributed by atoms with Crippen LogP contribution in [0.15, 0.2) is 77.3 Å². The van der Waals surface area contributed by atoms with Crippen LogP contribution in [-0.4, -0.2) is 45.7 Å². The van der Waals surface area contributed by atoms with Gasteiger partial charge in [-0.25, -0.2) is 0 Å². The molecule has 3 N–H and O–H groups in total. The number of carbonyl (C=O) groups excluding carboxylic acids is 3. The van der Waals surface area contributed by atoms with Crippen LogP contribution in [0.3, 0.4) is 0 Å². The van der Waals surface area contributed by atoms with E-state index in [2.05, 4.69) is 21.2 Å². The average Bonchev–Trinajstić information content (AvgIpc) is 3.18. The highest BCUT2D eigenvalue weighted by molar-refractivity contribution is 9.10. The van der Waals surface area contributed by atoms with Crippen molar-refractivity contribution < 1.29 is 25.7 Å². The summed E-state index contributed by atoms with van der Waals surface area (Å²) in [7, 11) is 0. The highest BCUT2D eigenvalue weighted by atomic mass is 79.9. The molecule has 12 rings (SSSR count). The summed E-state index contributed by atoms with van der Waals surface area (Å²) < 4.78 is 0.845. The molecule has 0 spiro atoms. The minimum absolute atomic E-state index is 0. The van der Waals surface area contributed by atoms with E-state index < -0.39 is 9.85 Å². The monoisotopic (exact) mass is 838 g/mol. The number of amides is 3. The maximum atomic E-state index is 12.2. The van der Waals surface area contributed by atoms with E-state index in [1.54, 1.807) is 24.3 Å². The third kappa shape index (κ3) is 10.7. The first kappa shape index (κ1) is 45.5. The Balaban J connectivity index is 0.000000265. The third-order valence-corrected chi connectivity index (χ3v) is 11.8. The van der Waals surface area contributed by atoms with Gasteiger partial charge in [-0.3, -0.25) is 34.6 Å². The fourth-order valence-corrected chi connectivity index (χ4v) is 8.61. The molecule has 3 aromatic rings. The van der Waals surface area contributed by atoms with E-state index in [4.69, 9.17) is 5.73 Å². The van der Waals surface area contributed by atoms with Gasteiger partial charge in [0.25, 0.3) is 11.4 Å². The van der Waals surface area contributed by atoms with E-state index in [1.807, 2.05) is 34.1 Å². The summed E-state index contributed by atoms with van der Waals surface area (Å²) in [5.41, 5.74) is 8.39. The smallest absolute Gasteiger partial charge is 0.269 e. The van der Waals surface area contributed by atoms with Crippen molar-refractivity contribution >= 4 is 62.1 Å². The number of hydrogen-bond acceptors (Lipinski definition) is 8. The highest BCUT2D eigenvalue weighted by Crippen LogP contribution is 2.40. The summed E-state index contributed by atoms with van der Waals surface area (Å²) in [4.78, 5) is 59.0. The highest BCUT2D eigenvalue weighted by Gasteiger charge is 2.42. The van der Waals surface area contributed by atoms with Crippen LogP contribution in [0.25, 0.3) is 0 Å². The van der Waals surface area contributed by atoms with Crippen LogP contribution in [0.5, 0.6) is 0 Å². The minimum atomic E-state index is -0.424. The van der Waals surface area contributed by atoms with Crippen LogP contribution in [0.1, 0.15) is 101 Å². The predicted molar refractivity (Wildman–Crippen MR) is 227 cm³/mol. The lowest BCUT2D eigenvalue weighted by Gasteiger charge is -2.44. The number of piperidine rings is 6. The molecule has 6 aliphatic heterocycles. The second-order valence-corrected chi connectivity index (χ2v) is 15.5. The fraction of sp³-hybridized carbons (Fsp3) is 0.500. The Morgan fingerprint density at radius 3 is 1.23 bits per heavy atom. The van der Waals surface area contributed by atoms with E-state index in [0.29, 0.717) is 29.8 Å². The Morgan fingerprint density at radius 2 is 0.929 bits per heavy atom. The Bertz CT molecular complexity index is 1790. The predicted octanol–water partition coefficient (Wildman–Crippen LogP) is 9.86. The van der Waals surface area contributed by atoms with Gasteiger partial charge in [0, 0.05) is 83.1 Å². The number of non-ortho nitro benzene ring substituents is 2. The molecule has 0 aromatic heterocycles. The minimum Gasteiger partial charge on any atom is -0.399 e. The zero-order chi connectivity index (χ0) is 37.6. The maximum Gasteiger partial charge on any atom is 0.269 e. The van der Waals surface area contributed by atoms with Gasteiger partial charge in [0.2, 0.25) is 17.7 Å². The number of fused-ring (bicyclic) bond motifs is 9. The molecule has 3 aliphatic carbocycles. The molecule has 56 heavy (non-hydrogen) atoms. The molecule has 3 amide bonds. The van der Waals surface area contributed by atoms with Crippen molar-refractivity contribution in [3.05, 3.63) is 97.5 Å². The van der Waals surface area contributed by atoms with Crippen LogP contribution in [-0.2, 0) is 14.4 Å². The Labute approximate surface area is 340 Å². The van der Waals surface area contributed by atoms with Gasteiger partial charge in [0.05, 0.1) is 9.85 Å². The van der Waals surface area contributed by atoms with Crippen molar-refractivity contribution in [2.75, 3.05) is 15.5 Å². The average molecular weight is 840 g/mol. The largest absolute Gasteiger partial charge is 0.399 e. The van der Waals surface area contributed by atoms with Crippen molar-refractivity contribution in [3.8, 4) is 0 Å². The molecule has 3 aromatic carbocycles. The van der Waals surface area contributed by atoms with Crippen molar-refractivity contribution in [1.29, 1.82) is 0 Å². The summed E-state index contributed by atoms with van der Waals surface area (Å²) in [6, 6.07) is 21.3. The lowest BCUT2D eigenvalue weighted by atomic mass is 9.79. The standard InChI is InChI=1S/C13H14N2O3.C13H16N2O.C7H11NO.C6H4BrNO2.3CH4.H2/c16-13-9-1-3-10(4-2-9)14(13)11-5-7-12(8-6-11)15(17)18;14-10-3-7-12(8-4-10)15-11-5-1-9(2-6-11)13(15)16;9-7-5-1-3-6(8-7)4-2-5;7-5-1-3-6(4-2-5)8(9)10;;;;/h5-10H,1-4H2;3-4,7-9,11H,1-2,5-6,14H2;5-6H,1-4H2,(H,8,9);1-4H;3*1H4;1H. The zero-order valence-electron chi connectivity index (χ0n) is 29.5. The summed E-state index contributed by atoms with van der Waals surface area (Å²) in [6.07, 6.45) is 13.3. The summed E-state index contributed by atoms with van der Waals surface area (Å²) in [6.45, 7) is 0. The van der Waals surface area contributed by atoms with Crippen LogP contribution >= 0.6 is 15.9 Å². The number of nitro groups is 2. The second-order valence-electron chi connectivity index (χ2n) is 14.6. The molecule has 14 heteroatoms. The molecule has 306 valence electrons. The third-order valence-electron chi connectivity index (χ3n) is 11.3. The van der Waals surface area contributed by atoms with Gasteiger partial charge in [-0.15, -0.1) is 0 Å². The van der Waals surface area contributed by atoms with E-state index in [9.17, 15) is 34.6 Å². The number of nitro benzene ring substituents is 2. The molecule has 9 fully saturated rings. The molecule has 6 saturated heterocycles. The first-order chi connectivity index (χ1) is 25.5. The maximum absolute atomic E-state index is 12.2. The molecule has 13 nitrogen and oxygen atoms in total. The van der Waals surface area contributed by atoms with Gasteiger partial charge in [-0.05, 0) is 126 Å². The lowest BCUT2D eigenvalue weighted by molar-refractivity contribution is -0.385. The van der Waals surface area contributed by atoms with Crippen molar-refractivity contribution in [2.45, 2.75) is 117 Å². The number of benzene rings is 3. The molecule has 0 unspecified atom stereocenters. The number of halogens is 1. The van der Waals surface area contributed by atoms with Crippen LogP contribution in [0, 0.1) is 38.0 Å². The van der Waals surface area contributed by atoms with Gasteiger partial charge < -0.3 is 20.9 Å².